The monoisotopic (exact) mass is 434 g/mol. The number of phenolic OH excluding ortho intramolecular Hbond substituents is 1. The van der Waals surface area contributed by atoms with Gasteiger partial charge in [0.1, 0.15) is 17.8 Å². The van der Waals surface area contributed by atoms with Crippen LogP contribution in [0.15, 0.2) is 24.3 Å². The molecule has 0 spiro atoms. The molecule has 1 fully saturated rings. The Labute approximate surface area is 180 Å². The van der Waals surface area contributed by atoms with Crippen LogP contribution >= 0.6 is 0 Å². The van der Waals surface area contributed by atoms with Crippen molar-refractivity contribution in [1.82, 2.24) is 21.3 Å². The predicted octanol–water partition coefficient (Wildman–Crippen LogP) is -0.487. The van der Waals surface area contributed by atoms with Crippen LogP contribution in [0.25, 0.3) is 0 Å². The van der Waals surface area contributed by atoms with Crippen molar-refractivity contribution < 1.29 is 29.4 Å². The van der Waals surface area contributed by atoms with Crippen molar-refractivity contribution in [2.45, 2.75) is 51.2 Å². The number of carbonyl (C=O) groups excluding carboxylic acids is 3. The molecule has 0 aromatic heterocycles. The van der Waals surface area contributed by atoms with E-state index in [0.29, 0.717) is 12.0 Å². The van der Waals surface area contributed by atoms with E-state index in [1.54, 1.807) is 26.0 Å². The zero-order valence-corrected chi connectivity index (χ0v) is 17.7. The number of aromatic hydroxyl groups is 1. The molecule has 1 aromatic carbocycles. The van der Waals surface area contributed by atoms with Crippen LogP contribution in [0.3, 0.4) is 0 Å². The molecule has 1 aliphatic heterocycles. The third kappa shape index (κ3) is 7.56. The quantitative estimate of drug-likeness (QED) is 0.290. The molecule has 170 valence electrons. The highest BCUT2D eigenvalue weighted by Crippen LogP contribution is 2.12. The molecular formula is C21H30N4O6. The van der Waals surface area contributed by atoms with E-state index in [-0.39, 0.29) is 30.0 Å². The number of nitrogens with one attached hydrogen (secondary N) is 4. The molecule has 3 unspecified atom stereocenters. The maximum Gasteiger partial charge on any atom is 0.326 e. The lowest BCUT2D eigenvalue weighted by Gasteiger charge is -2.21. The van der Waals surface area contributed by atoms with E-state index in [1.807, 2.05) is 0 Å². The number of amides is 3. The van der Waals surface area contributed by atoms with Crippen molar-refractivity contribution >= 4 is 23.7 Å². The molecule has 2 rings (SSSR count). The summed E-state index contributed by atoms with van der Waals surface area (Å²) in [5.41, 5.74) is 0.716. The number of carboxylic acid groups (broad SMARTS) is 1. The molecular weight excluding hydrogens is 404 g/mol. The molecule has 0 aliphatic carbocycles. The number of hydrogen-bond acceptors (Lipinski definition) is 6. The molecule has 0 radical (unpaired) electrons. The van der Waals surface area contributed by atoms with Gasteiger partial charge in [0.15, 0.2) is 0 Å². The van der Waals surface area contributed by atoms with Gasteiger partial charge in [-0.15, -0.1) is 0 Å². The summed E-state index contributed by atoms with van der Waals surface area (Å²) in [7, 11) is 0. The van der Waals surface area contributed by atoms with Crippen molar-refractivity contribution in [3.8, 4) is 5.75 Å². The van der Waals surface area contributed by atoms with Crippen LogP contribution in [-0.2, 0) is 25.6 Å². The fraction of sp³-hybridized carbons (Fsp3) is 0.524. The zero-order valence-electron chi connectivity index (χ0n) is 17.7. The van der Waals surface area contributed by atoms with E-state index >= 15 is 0 Å². The van der Waals surface area contributed by atoms with Crippen molar-refractivity contribution in [3.05, 3.63) is 29.8 Å². The third-order valence-corrected chi connectivity index (χ3v) is 5.06. The lowest BCUT2D eigenvalue weighted by molar-refractivity contribution is -0.143. The van der Waals surface area contributed by atoms with Crippen LogP contribution in [-0.4, -0.2) is 65.1 Å². The first-order chi connectivity index (χ1) is 14.7. The standard InChI is InChI=1S/C21H30N4O6/c1-12(2)18(21(30)31)25-17(27)11-23-19(28)16(10-13-5-7-14(26)8-6-13)24-20(29)15-4-3-9-22-15/h5-8,12,15-16,18,22,26H,3-4,9-11H2,1-2H3,(H,23,28)(H,24,29)(H,25,27)(H,30,31). The fourth-order valence-corrected chi connectivity index (χ4v) is 3.29. The Morgan fingerprint density at radius 3 is 2.35 bits per heavy atom. The van der Waals surface area contributed by atoms with Gasteiger partial charge in [0.2, 0.25) is 17.7 Å². The number of carboxylic acids is 1. The molecule has 10 heteroatoms. The summed E-state index contributed by atoms with van der Waals surface area (Å²) < 4.78 is 0. The molecule has 0 bridgehead atoms. The van der Waals surface area contributed by atoms with Gasteiger partial charge in [-0.05, 0) is 43.0 Å². The largest absolute Gasteiger partial charge is 0.508 e. The number of rotatable bonds is 10. The average molecular weight is 434 g/mol. The molecule has 0 saturated carbocycles. The summed E-state index contributed by atoms with van der Waals surface area (Å²) >= 11 is 0. The number of carbonyl (C=O) groups is 4. The first-order valence-corrected chi connectivity index (χ1v) is 10.3. The Balaban J connectivity index is 2.00. The highest BCUT2D eigenvalue weighted by atomic mass is 16.4. The molecule has 10 nitrogen and oxygen atoms in total. The molecule has 6 N–H and O–H groups in total. The Morgan fingerprint density at radius 1 is 1.13 bits per heavy atom. The van der Waals surface area contributed by atoms with Crippen molar-refractivity contribution in [2.24, 2.45) is 5.92 Å². The van der Waals surface area contributed by atoms with E-state index in [4.69, 9.17) is 0 Å². The number of aliphatic carboxylic acids is 1. The van der Waals surface area contributed by atoms with E-state index < -0.39 is 36.4 Å². The van der Waals surface area contributed by atoms with Crippen LogP contribution in [0.4, 0.5) is 0 Å². The smallest absolute Gasteiger partial charge is 0.326 e. The van der Waals surface area contributed by atoms with E-state index in [0.717, 1.165) is 13.0 Å². The van der Waals surface area contributed by atoms with Crippen LogP contribution in [0.5, 0.6) is 5.75 Å². The number of phenols is 1. The molecule has 1 aliphatic rings. The Morgan fingerprint density at radius 2 is 1.81 bits per heavy atom. The lowest BCUT2D eigenvalue weighted by atomic mass is 10.0. The Kier molecular flexibility index (Phi) is 8.80. The van der Waals surface area contributed by atoms with Gasteiger partial charge in [0.25, 0.3) is 0 Å². The minimum atomic E-state index is -1.16. The Bertz CT molecular complexity index is 790. The van der Waals surface area contributed by atoms with Crippen molar-refractivity contribution in [3.63, 3.8) is 0 Å². The normalized spacial score (nSPS) is 17.6. The first kappa shape index (κ1) is 24.1. The maximum atomic E-state index is 12.7. The second-order valence-corrected chi connectivity index (χ2v) is 7.93. The number of benzene rings is 1. The minimum Gasteiger partial charge on any atom is -0.508 e. The van der Waals surface area contributed by atoms with Crippen molar-refractivity contribution in [2.75, 3.05) is 13.1 Å². The van der Waals surface area contributed by atoms with Gasteiger partial charge < -0.3 is 31.5 Å². The summed E-state index contributed by atoms with van der Waals surface area (Å²) in [5.74, 6) is -2.90. The zero-order chi connectivity index (χ0) is 23.0. The molecule has 1 aromatic rings. The van der Waals surface area contributed by atoms with Gasteiger partial charge in [0, 0.05) is 6.42 Å². The van der Waals surface area contributed by atoms with E-state index in [1.165, 1.54) is 12.1 Å². The maximum absolute atomic E-state index is 12.7. The molecule has 1 saturated heterocycles. The highest BCUT2D eigenvalue weighted by molar-refractivity contribution is 5.92. The first-order valence-electron chi connectivity index (χ1n) is 10.3. The lowest BCUT2D eigenvalue weighted by Crippen LogP contribution is -2.54. The summed E-state index contributed by atoms with van der Waals surface area (Å²) in [6.07, 6.45) is 1.71. The average Bonchev–Trinajstić information content (AvgIpc) is 3.25. The molecule has 3 atom stereocenters. The van der Waals surface area contributed by atoms with E-state index in [2.05, 4.69) is 21.3 Å². The van der Waals surface area contributed by atoms with Gasteiger partial charge in [-0.1, -0.05) is 26.0 Å². The summed E-state index contributed by atoms with van der Waals surface area (Å²) in [5, 5.41) is 29.2. The Hall–Kier alpha value is -3.14. The molecule has 3 amide bonds. The highest BCUT2D eigenvalue weighted by Gasteiger charge is 2.28. The summed E-state index contributed by atoms with van der Waals surface area (Å²) in [6.45, 7) is 3.64. The van der Waals surface area contributed by atoms with Gasteiger partial charge in [-0.3, -0.25) is 14.4 Å². The summed E-state index contributed by atoms with van der Waals surface area (Å²) in [6, 6.07) is 3.87. The van der Waals surface area contributed by atoms with E-state index in [9.17, 15) is 29.4 Å². The topological polar surface area (TPSA) is 157 Å². The van der Waals surface area contributed by atoms with Crippen molar-refractivity contribution in [1.29, 1.82) is 0 Å². The SMILES string of the molecule is CC(C)C(NC(=O)CNC(=O)C(Cc1ccc(O)cc1)NC(=O)C1CCCN1)C(=O)O. The predicted molar refractivity (Wildman–Crippen MR) is 112 cm³/mol. The summed E-state index contributed by atoms with van der Waals surface area (Å²) in [4.78, 5) is 48.6. The van der Waals surface area contributed by atoms with Gasteiger partial charge in [0.05, 0.1) is 12.6 Å². The van der Waals surface area contributed by atoms with Crippen LogP contribution in [0, 0.1) is 5.92 Å². The van der Waals surface area contributed by atoms with Crippen LogP contribution < -0.4 is 21.3 Å². The van der Waals surface area contributed by atoms with Crippen LogP contribution in [0.1, 0.15) is 32.3 Å². The molecule has 31 heavy (non-hydrogen) atoms. The van der Waals surface area contributed by atoms with Gasteiger partial charge >= 0.3 is 5.97 Å². The van der Waals surface area contributed by atoms with Gasteiger partial charge in [-0.25, -0.2) is 4.79 Å². The molecule has 1 heterocycles. The van der Waals surface area contributed by atoms with Gasteiger partial charge in [-0.2, -0.15) is 0 Å². The number of hydrogen-bond donors (Lipinski definition) is 6. The second-order valence-electron chi connectivity index (χ2n) is 7.93. The fourth-order valence-electron chi connectivity index (χ4n) is 3.29. The van der Waals surface area contributed by atoms with Crippen LogP contribution in [0.2, 0.25) is 0 Å². The second kappa shape index (κ2) is 11.3. The third-order valence-electron chi connectivity index (χ3n) is 5.06. The minimum absolute atomic E-state index is 0.0822.